The monoisotopic (exact) mass is 259 g/mol. The molecule has 0 aliphatic carbocycles. The van der Waals surface area contributed by atoms with Crippen LogP contribution in [0.1, 0.15) is 32.3 Å². The van der Waals surface area contributed by atoms with E-state index >= 15 is 0 Å². The van der Waals surface area contributed by atoms with Crippen LogP contribution in [0.4, 0.5) is 0 Å². The van der Waals surface area contributed by atoms with Gasteiger partial charge < -0.3 is 10.1 Å². The fraction of sp³-hybridized carbons (Fsp3) is 0.438. The number of rotatable bonds is 6. The van der Waals surface area contributed by atoms with Gasteiger partial charge in [0.25, 0.3) is 0 Å². The molecule has 0 saturated carbocycles. The van der Waals surface area contributed by atoms with Crippen LogP contribution in [0.3, 0.4) is 0 Å². The molecule has 0 bridgehead atoms. The smallest absolute Gasteiger partial charge is 0.225 e. The summed E-state index contributed by atoms with van der Waals surface area (Å²) in [5.74, 6) is 3.39. The highest BCUT2D eigenvalue weighted by Gasteiger charge is 2.25. The lowest BCUT2D eigenvalue weighted by atomic mass is 9.93. The highest BCUT2D eigenvalue weighted by molar-refractivity contribution is 5.80. The van der Waals surface area contributed by atoms with E-state index in [1.54, 1.807) is 7.11 Å². The van der Waals surface area contributed by atoms with Crippen molar-refractivity contribution >= 4 is 5.91 Å². The SMILES string of the molecule is C#CC(CC)(CC)NC(=O)Cc1cccc(OC)c1. The third kappa shape index (κ3) is 4.03. The molecule has 1 aromatic carbocycles. The fourth-order valence-corrected chi connectivity index (χ4v) is 1.95. The van der Waals surface area contributed by atoms with E-state index in [2.05, 4.69) is 11.2 Å². The zero-order valence-corrected chi connectivity index (χ0v) is 11.8. The van der Waals surface area contributed by atoms with Crippen molar-refractivity contribution in [2.24, 2.45) is 0 Å². The van der Waals surface area contributed by atoms with Gasteiger partial charge in [0.1, 0.15) is 11.3 Å². The summed E-state index contributed by atoms with van der Waals surface area (Å²) >= 11 is 0. The van der Waals surface area contributed by atoms with Crippen LogP contribution >= 0.6 is 0 Å². The van der Waals surface area contributed by atoms with E-state index in [4.69, 9.17) is 11.2 Å². The predicted molar refractivity (Wildman–Crippen MR) is 77.0 cm³/mol. The van der Waals surface area contributed by atoms with Gasteiger partial charge in [0.2, 0.25) is 5.91 Å². The number of amides is 1. The van der Waals surface area contributed by atoms with Gasteiger partial charge in [-0.05, 0) is 30.5 Å². The molecule has 1 rings (SSSR count). The van der Waals surface area contributed by atoms with Crippen LogP contribution in [0.5, 0.6) is 5.75 Å². The normalized spacial score (nSPS) is 10.6. The second kappa shape index (κ2) is 6.84. The average Bonchev–Trinajstić information content (AvgIpc) is 2.45. The van der Waals surface area contributed by atoms with Crippen LogP contribution in [-0.2, 0) is 11.2 Å². The topological polar surface area (TPSA) is 38.3 Å². The third-order valence-electron chi connectivity index (χ3n) is 3.36. The lowest BCUT2D eigenvalue weighted by molar-refractivity contribution is -0.121. The van der Waals surface area contributed by atoms with E-state index in [1.807, 2.05) is 38.1 Å². The lowest BCUT2D eigenvalue weighted by Crippen LogP contribution is -2.47. The molecule has 0 atom stereocenters. The molecule has 1 N–H and O–H groups in total. The van der Waals surface area contributed by atoms with Gasteiger partial charge in [0.05, 0.1) is 13.5 Å². The number of carbonyl (C=O) groups is 1. The largest absolute Gasteiger partial charge is 0.497 e. The zero-order chi connectivity index (χ0) is 14.3. The van der Waals surface area contributed by atoms with Crippen LogP contribution in [-0.4, -0.2) is 18.6 Å². The van der Waals surface area contributed by atoms with Gasteiger partial charge in [0.15, 0.2) is 0 Å². The number of hydrogen-bond donors (Lipinski definition) is 1. The number of ether oxygens (including phenoxy) is 1. The molecule has 3 nitrogen and oxygen atoms in total. The summed E-state index contributed by atoms with van der Waals surface area (Å²) in [6, 6.07) is 7.48. The quantitative estimate of drug-likeness (QED) is 0.797. The first-order valence-corrected chi connectivity index (χ1v) is 6.50. The number of hydrogen-bond acceptors (Lipinski definition) is 2. The molecule has 0 aromatic heterocycles. The maximum atomic E-state index is 12.1. The van der Waals surface area contributed by atoms with Gasteiger partial charge in [-0.25, -0.2) is 0 Å². The van der Waals surface area contributed by atoms with Gasteiger partial charge in [0, 0.05) is 0 Å². The van der Waals surface area contributed by atoms with E-state index in [0.29, 0.717) is 6.42 Å². The van der Waals surface area contributed by atoms with Crippen LogP contribution in [0, 0.1) is 12.3 Å². The molecule has 3 heteroatoms. The molecule has 0 radical (unpaired) electrons. The molecule has 0 aliphatic rings. The number of carbonyl (C=O) groups excluding carboxylic acids is 1. The Bertz CT molecular complexity index is 470. The van der Waals surface area contributed by atoms with Gasteiger partial charge in [-0.15, -0.1) is 6.42 Å². The van der Waals surface area contributed by atoms with E-state index in [-0.39, 0.29) is 5.91 Å². The van der Waals surface area contributed by atoms with Crippen molar-refractivity contribution in [2.45, 2.75) is 38.6 Å². The molecule has 1 amide bonds. The van der Waals surface area contributed by atoms with Crippen LogP contribution in [0.2, 0.25) is 0 Å². The minimum Gasteiger partial charge on any atom is -0.497 e. The molecule has 0 aliphatic heterocycles. The lowest BCUT2D eigenvalue weighted by Gasteiger charge is -2.27. The van der Waals surface area contributed by atoms with Crippen molar-refractivity contribution in [3.63, 3.8) is 0 Å². The van der Waals surface area contributed by atoms with Crippen molar-refractivity contribution < 1.29 is 9.53 Å². The fourth-order valence-electron chi connectivity index (χ4n) is 1.95. The molecule has 0 fully saturated rings. The Labute approximate surface area is 115 Å². The van der Waals surface area contributed by atoms with Gasteiger partial charge in [-0.3, -0.25) is 4.79 Å². The standard InChI is InChI=1S/C16H21NO2/c1-5-16(6-2,7-3)17-15(18)12-13-9-8-10-14(11-13)19-4/h1,8-11H,6-7,12H2,2-4H3,(H,17,18). The summed E-state index contributed by atoms with van der Waals surface area (Å²) in [4.78, 5) is 12.1. The molecule has 1 aromatic rings. The highest BCUT2D eigenvalue weighted by Crippen LogP contribution is 2.16. The predicted octanol–water partition coefficient (Wildman–Crippen LogP) is 2.55. The minimum absolute atomic E-state index is 0.0603. The third-order valence-corrected chi connectivity index (χ3v) is 3.36. The number of nitrogens with one attached hydrogen (secondary N) is 1. The van der Waals surface area contributed by atoms with Gasteiger partial charge >= 0.3 is 0 Å². The van der Waals surface area contributed by atoms with E-state index in [0.717, 1.165) is 24.2 Å². The Morgan fingerprint density at radius 2 is 2.11 bits per heavy atom. The van der Waals surface area contributed by atoms with Crippen LogP contribution in [0.15, 0.2) is 24.3 Å². The number of benzene rings is 1. The average molecular weight is 259 g/mol. The highest BCUT2D eigenvalue weighted by atomic mass is 16.5. The van der Waals surface area contributed by atoms with E-state index in [9.17, 15) is 4.79 Å². The van der Waals surface area contributed by atoms with E-state index < -0.39 is 5.54 Å². The maximum Gasteiger partial charge on any atom is 0.225 e. The second-order valence-corrected chi connectivity index (χ2v) is 4.51. The summed E-state index contributed by atoms with van der Waals surface area (Å²) < 4.78 is 5.14. The Balaban J connectivity index is 2.72. The first kappa shape index (κ1) is 15.1. The summed E-state index contributed by atoms with van der Waals surface area (Å²) in [6.07, 6.45) is 7.29. The number of methoxy groups -OCH3 is 1. The molecule has 0 saturated heterocycles. The summed E-state index contributed by atoms with van der Waals surface area (Å²) in [5.41, 5.74) is 0.380. The summed E-state index contributed by atoms with van der Waals surface area (Å²) in [7, 11) is 1.61. The molecule has 0 unspecified atom stereocenters. The molecule has 102 valence electrons. The van der Waals surface area contributed by atoms with Crippen molar-refractivity contribution in [1.29, 1.82) is 0 Å². The van der Waals surface area contributed by atoms with Crippen molar-refractivity contribution in [1.82, 2.24) is 5.32 Å². The van der Waals surface area contributed by atoms with Crippen LogP contribution < -0.4 is 10.1 Å². The molecule has 0 heterocycles. The molecule has 19 heavy (non-hydrogen) atoms. The van der Waals surface area contributed by atoms with E-state index in [1.165, 1.54) is 0 Å². The molecular formula is C16H21NO2. The minimum atomic E-state index is -0.532. The first-order valence-electron chi connectivity index (χ1n) is 6.50. The Hall–Kier alpha value is -1.95. The van der Waals surface area contributed by atoms with Crippen LogP contribution in [0.25, 0.3) is 0 Å². The second-order valence-electron chi connectivity index (χ2n) is 4.51. The molecular weight excluding hydrogens is 238 g/mol. The van der Waals surface area contributed by atoms with Gasteiger partial charge in [-0.2, -0.15) is 0 Å². The Kier molecular flexibility index (Phi) is 5.44. The van der Waals surface area contributed by atoms with Crippen molar-refractivity contribution in [3.05, 3.63) is 29.8 Å². The van der Waals surface area contributed by atoms with Gasteiger partial charge in [-0.1, -0.05) is 31.9 Å². The summed E-state index contributed by atoms with van der Waals surface area (Å²) in [6.45, 7) is 3.96. The number of terminal acetylenes is 1. The van der Waals surface area contributed by atoms with Crippen molar-refractivity contribution in [3.8, 4) is 18.1 Å². The Morgan fingerprint density at radius 1 is 1.42 bits per heavy atom. The zero-order valence-electron chi connectivity index (χ0n) is 11.8. The Morgan fingerprint density at radius 3 is 2.63 bits per heavy atom. The molecule has 0 spiro atoms. The first-order chi connectivity index (χ1) is 9.09. The van der Waals surface area contributed by atoms with Crippen molar-refractivity contribution in [2.75, 3.05) is 7.11 Å². The maximum absolute atomic E-state index is 12.1. The summed E-state index contributed by atoms with van der Waals surface area (Å²) in [5, 5.41) is 2.95.